The second kappa shape index (κ2) is 7.02. The average Bonchev–Trinajstić information content (AvgIpc) is 3.24. The van der Waals surface area contributed by atoms with Gasteiger partial charge in [-0.3, -0.25) is 0 Å². The van der Waals surface area contributed by atoms with Crippen LogP contribution in [0, 0.1) is 16.6 Å². The molecule has 6 heteroatoms. The fourth-order valence-electron chi connectivity index (χ4n) is 3.76. The van der Waals surface area contributed by atoms with Crippen LogP contribution in [0.5, 0.6) is 0 Å². The fraction of sp³-hybridized carbons (Fsp3) is 0.182. The number of halogens is 2. The molecule has 0 aliphatic heterocycles. The Hall–Kier alpha value is -2.73. The van der Waals surface area contributed by atoms with Crippen molar-refractivity contribution < 1.29 is 8.81 Å². The number of allylic oxidation sites excluding steroid dienone is 2. The summed E-state index contributed by atoms with van der Waals surface area (Å²) in [5.41, 5.74) is 4.93. The third kappa shape index (κ3) is 2.98. The maximum absolute atomic E-state index is 14.2. The van der Waals surface area contributed by atoms with Crippen molar-refractivity contribution in [2.75, 3.05) is 0 Å². The summed E-state index contributed by atoms with van der Waals surface area (Å²) in [6, 6.07) is 3.14. The second-order valence-electron chi connectivity index (χ2n) is 6.93. The van der Waals surface area contributed by atoms with Crippen LogP contribution in [-0.4, -0.2) is 16.4 Å². The number of hydrogen-bond acceptors (Lipinski definition) is 3. The summed E-state index contributed by atoms with van der Waals surface area (Å²) in [4.78, 5) is 3.16. The van der Waals surface area contributed by atoms with Gasteiger partial charge in [-0.25, -0.2) is 4.39 Å². The van der Waals surface area contributed by atoms with E-state index in [1.807, 2.05) is 6.08 Å². The van der Waals surface area contributed by atoms with Gasteiger partial charge in [0.2, 0.25) is 0 Å². The highest BCUT2D eigenvalue weighted by molar-refractivity contribution is 9.10. The van der Waals surface area contributed by atoms with Gasteiger partial charge in [-0.15, -0.1) is 0 Å². The third-order valence-corrected chi connectivity index (χ3v) is 5.57. The van der Waals surface area contributed by atoms with E-state index in [-0.39, 0.29) is 5.82 Å². The van der Waals surface area contributed by atoms with Crippen molar-refractivity contribution >= 4 is 61.6 Å². The first-order chi connectivity index (χ1) is 13.4. The van der Waals surface area contributed by atoms with E-state index in [0.717, 1.165) is 34.6 Å². The zero-order valence-corrected chi connectivity index (χ0v) is 17.1. The molecule has 0 amide bonds. The predicted molar refractivity (Wildman–Crippen MR) is 116 cm³/mol. The van der Waals surface area contributed by atoms with Crippen LogP contribution in [0.1, 0.15) is 37.8 Å². The second-order valence-corrected chi connectivity index (χ2v) is 7.78. The molecule has 2 heterocycles. The minimum Gasteiger partial charge on any atom is -0.464 e. The summed E-state index contributed by atoms with van der Waals surface area (Å²) in [5.74, 6) is -0.368. The van der Waals surface area contributed by atoms with E-state index in [1.165, 1.54) is 6.07 Å². The van der Waals surface area contributed by atoms with Crippen LogP contribution >= 0.6 is 15.9 Å². The van der Waals surface area contributed by atoms with E-state index in [2.05, 4.69) is 27.0 Å². The minimum atomic E-state index is -0.368. The van der Waals surface area contributed by atoms with Gasteiger partial charge in [0.1, 0.15) is 11.2 Å². The molecule has 3 N–H and O–H groups in total. The highest BCUT2D eigenvalue weighted by Gasteiger charge is 2.22. The molecule has 0 atom stereocenters. The predicted octanol–water partition coefficient (Wildman–Crippen LogP) is 5.01. The fourth-order valence-corrected chi connectivity index (χ4v) is 4.10. The number of aromatic nitrogens is 1. The Morgan fingerprint density at radius 2 is 1.75 bits per heavy atom. The van der Waals surface area contributed by atoms with Crippen molar-refractivity contribution in [2.45, 2.75) is 26.7 Å². The Kier molecular flexibility index (Phi) is 4.67. The van der Waals surface area contributed by atoms with Gasteiger partial charge >= 0.3 is 0 Å². The molecular weight excluding hydrogens is 421 g/mol. The maximum Gasteiger partial charge on any atom is 0.138 e. The first-order valence-corrected chi connectivity index (χ1v) is 9.78. The maximum atomic E-state index is 14.2. The Balaban J connectivity index is 2.09. The highest BCUT2D eigenvalue weighted by Crippen LogP contribution is 2.34. The molecule has 4 rings (SSSR count). The Labute approximate surface area is 169 Å². The zero-order chi connectivity index (χ0) is 20.0. The molecular formula is C22H19BrFN3O. The van der Waals surface area contributed by atoms with Crippen LogP contribution in [0.15, 0.2) is 33.5 Å². The molecule has 1 aliphatic carbocycles. The summed E-state index contributed by atoms with van der Waals surface area (Å²) >= 11 is 3.21. The number of fused-ring (bicyclic) bond motifs is 2. The number of H-pyrrole nitrogens is 1. The summed E-state index contributed by atoms with van der Waals surface area (Å²) in [7, 11) is 0. The lowest BCUT2D eigenvalue weighted by molar-refractivity contribution is 0.528. The Morgan fingerprint density at radius 3 is 2.46 bits per heavy atom. The lowest BCUT2D eigenvalue weighted by Crippen LogP contribution is -2.26. The van der Waals surface area contributed by atoms with Crippen molar-refractivity contribution in [3.05, 3.63) is 56.6 Å². The number of furan rings is 1. The highest BCUT2D eigenvalue weighted by atomic mass is 79.9. The molecule has 1 aromatic carbocycles. The van der Waals surface area contributed by atoms with Crippen molar-refractivity contribution in [3.8, 4) is 0 Å². The van der Waals surface area contributed by atoms with Crippen molar-refractivity contribution in [1.29, 1.82) is 10.8 Å². The normalized spacial score (nSPS) is 14.1. The summed E-state index contributed by atoms with van der Waals surface area (Å²) in [6.45, 7) is 3.39. The SMILES string of the molecule is CC(=N)/C(=C(\C(C)=N)c1c[nH]c2cc(Br)c(F)cc12)c1coc2c1=CCCC=2. The molecule has 0 unspecified atom stereocenters. The molecule has 1 aliphatic rings. The quantitative estimate of drug-likeness (QED) is 0.491. The summed E-state index contributed by atoms with van der Waals surface area (Å²) in [6.07, 6.45) is 9.43. The molecule has 0 spiro atoms. The molecule has 0 radical (unpaired) electrons. The summed E-state index contributed by atoms with van der Waals surface area (Å²) < 4.78 is 20.3. The number of aromatic amines is 1. The van der Waals surface area contributed by atoms with Gasteiger partial charge < -0.3 is 20.2 Å². The molecule has 28 heavy (non-hydrogen) atoms. The van der Waals surface area contributed by atoms with Crippen LogP contribution in [0.25, 0.3) is 34.2 Å². The van der Waals surface area contributed by atoms with Crippen LogP contribution < -0.4 is 10.6 Å². The molecule has 3 aromatic rings. The van der Waals surface area contributed by atoms with Gasteiger partial charge in [0.25, 0.3) is 0 Å². The Bertz CT molecular complexity index is 1290. The van der Waals surface area contributed by atoms with Gasteiger partial charge in [0.15, 0.2) is 0 Å². The van der Waals surface area contributed by atoms with Crippen LogP contribution in [0.2, 0.25) is 0 Å². The summed E-state index contributed by atoms with van der Waals surface area (Å²) in [5, 5.41) is 18.5. The van der Waals surface area contributed by atoms with Crippen LogP contribution in [0.3, 0.4) is 0 Å². The standard InChI is InChI=1S/C22H19BrFN3O/c1-11(25)21(15-9-27-19-8-17(23)18(24)7-14(15)19)22(12(2)26)16-10-28-20-6-4-3-5-13(16)20/h5-10,25-27H,3-4H2,1-2H3/b22-21-,25-11?,26-12?. The molecule has 0 fully saturated rings. The van der Waals surface area contributed by atoms with Crippen molar-refractivity contribution in [1.82, 2.24) is 4.98 Å². The molecule has 0 bridgehead atoms. The van der Waals surface area contributed by atoms with Crippen LogP contribution in [-0.2, 0) is 0 Å². The van der Waals surface area contributed by atoms with E-state index >= 15 is 0 Å². The molecule has 4 nitrogen and oxygen atoms in total. The van der Waals surface area contributed by atoms with Gasteiger partial charge in [-0.2, -0.15) is 0 Å². The first kappa shape index (κ1) is 18.6. The smallest absolute Gasteiger partial charge is 0.138 e. The van der Waals surface area contributed by atoms with Gasteiger partial charge in [0, 0.05) is 56.0 Å². The zero-order valence-electron chi connectivity index (χ0n) is 15.5. The van der Waals surface area contributed by atoms with Crippen molar-refractivity contribution in [3.63, 3.8) is 0 Å². The number of hydrogen-bond donors (Lipinski definition) is 3. The third-order valence-electron chi connectivity index (χ3n) is 4.97. The lowest BCUT2D eigenvalue weighted by atomic mass is 9.89. The Morgan fingerprint density at radius 1 is 1.07 bits per heavy atom. The van der Waals surface area contributed by atoms with E-state index in [9.17, 15) is 4.39 Å². The lowest BCUT2D eigenvalue weighted by Gasteiger charge is -2.13. The van der Waals surface area contributed by atoms with E-state index in [4.69, 9.17) is 15.2 Å². The van der Waals surface area contributed by atoms with Crippen molar-refractivity contribution in [2.24, 2.45) is 0 Å². The largest absolute Gasteiger partial charge is 0.464 e. The molecule has 2 aromatic heterocycles. The van der Waals surface area contributed by atoms with E-state index < -0.39 is 0 Å². The topological polar surface area (TPSA) is 76.6 Å². The number of benzene rings is 1. The molecule has 142 valence electrons. The first-order valence-electron chi connectivity index (χ1n) is 8.98. The minimum absolute atomic E-state index is 0.306. The monoisotopic (exact) mass is 439 g/mol. The van der Waals surface area contributed by atoms with E-state index in [0.29, 0.717) is 38.0 Å². The van der Waals surface area contributed by atoms with E-state index in [1.54, 1.807) is 32.4 Å². The molecule has 0 saturated carbocycles. The van der Waals surface area contributed by atoms with Gasteiger partial charge in [0.05, 0.1) is 10.7 Å². The van der Waals surface area contributed by atoms with Gasteiger partial charge in [-0.05, 0) is 60.8 Å². The number of rotatable bonds is 4. The van der Waals surface area contributed by atoms with Gasteiger partial charge in [-0.1, -0.05) is 6.08 Å². The average molecular weight is 440 g/mol. The molecule has 0 saturated heterocycles. The number of nitrogens with one attached hydrogen (secondary N) is 3. The van der Waals surface area contributed by atoms with Crippen LogP contribution in [0.4, 0.5) is 4.39 Å².